The summed E-state index contributed by atoms with van der Waals surface area (Å²) in [5, 5.41) is 15.8. The Morgan fingerprint density at radius 3 is 2.02 bits per heavy atom. The van der Waals surface area contributed by atoms with E-state index < -0.39 is 66.2 Å². The van der Waals surface area contributed by atoms with Crippen LogP contribution in [0.15, 0.2) is 54.6 Å². The van der Waals surface area contributed by atoms with E-state index in [1.54, 1.807) is 59.8 Å². The number of likely N-dealkylation sites (tertiary alicyclic amines) is 2. The molecule has 0 radical (unpaired) electrons. The topological polar surface area (TPSA) is 256 Å². The van der Waals surface area contributed by atoms with Gasteiger partial charge < -0.3 is 44.7 Å². The summed E-state index contributed by atoms with van der Waals surface area (Å²) in [6.07, 6.45) is 3.83. The molecule has 2 aromatic rings. The Hall–Kier alpha value is -6.19. The first kappa shape index (κ1) is 76.3. The zero-order valence-electron chi connectivity index (χ0n) is 56.2. The van der Waals surface area contributed by atoms with Crippen LogP contribution >= 0.6 is 11.8 Å². The molecule has 90 heavy (non-hydrogen) atoms. The quantitative estimate of drug-likeness (QED) is 0.0413. The van der Waals surface area contributed by atoms with Gasteiger partial charge in [0.2, 0.25) is 29.5 Å². The minimum Gasteiger partial charge on any atom is -0.481 e. The Bertz CT molecular complexity index is 2670. The monoisotopic (exact) mass is 1270 g/mol. The molecule has 2 aliphatic heterocycles. The fraction of sp³-hybridized carbons (Fsp3) is 0.681. The van der Waals surface area contributed by atoms with E-state index in [-0.39, 0.29) is 127 Å². The first-order valence-electron chi connectivity index (χ1n) is 32.6. The minimum atomic E-state index is -1.06. The second-order valence-electron chi connectivity index (χ2n) is 25.8. The fourth-order valence-electron chi connectivity index (χ4n) is 12.5. The predicted octanol–water partition coefficient (Wildman–Crippen LogP) is 9.68. The molecule has 2 saturated heterocycles. The van der Waals surface area contributed by atoms with Crippen molar-refractivity contribution in [2.75, 3.05) is 59.0 Å². The van der Waals surface area contributed by atoms with Crippen LogP contribution in [0.3, 0.4) is 0 Å². The van der Waals surface area contributed by atoms with Crippen molar-refractivity contribution in [3.05, 3.63) is 65.7 Å². The van der Waals surface area contributed by atoms with Crippen LogP contribution < -0.4 is 10.6 Å². The number of hydrogen-bond acceptors (Lipinski definition) is 15. The summed E-state index contributed by atoms with van der Waals surface area (Å²) < 4.78 is 17.8. The lowest BCUT2D eigenvalue weighted by Crippen LogP contribution is -2.54. The average molecular weight is 1280 g/mol. The molecule has 0 aromatic heterocycles. The normalized spacial score (nSPS) is 18.1. The first-order valence-corrected chi connectivity index (χ1v) is 33.7. The van der Waals surface area contributed by atoms with Crippen LogP contribution in [0.25, 0.3) is 0 Å². The molecule has 21 heteroatoms. The summed E-state index contributed by atoms with van der Waals surface area (Å²) in [5.41, 5.74) is 2.11. The zero-order chi connectivity index (χ0) is 66.9. The molecule has 0 bridgehead atoms. The minimum absolute atomic E-state index is 0.0471. The lowest BCUT2D eigenvalue weighted by atomic mass is 9.83. The Labute approximate surface area is 539 Å². The maximum absolute atomic E-state index is 14.8. The molecule has 11 atom stereocenters. The van der Waals surface area contributed by atoms with Crippen molar-refractivity contribution >= 4 is 76.4 Å². The number of methoxy groups -OCH3 is 2. The van der Waals surface area contributed by atoms with E-state index >= 15 is 0 Å². The summed E-state index contributed by atoms with van der Waals surface area (Å²) in [6, 6.07) is 13.5. The maximum atomic E-state index is 14.8. The number of imide groups is 1. The van der Waals surface area contributed by atoms with Crippen molar-refractivity contribution in [2.45, 2.75) is 207 Å². The van der Waals surface area contributed by atoms with Gasteiger partial charge in [-0.3, -0.25) is 48.1 Å². The van der Waals surface area contributed by atoms with Crippen LogP contribution in [0.2, 0.25) is 0 Å². The Kier molecular flexibility index (Phi) is 32.2. The van der Waals surface area contributed by atoms with Crippen LogP contribution in [0.5, 0.6) is 0 Å². The number of carbonyl (C=O) groups excluding carboxylic acids is 9. The zero-order valence-corrected chi connectivity index (χ0v) is 57.0. The van der Waals surface area contributed by atoms with Crippen molar-refractivity contribution in [3.8, 4) is 0 Å². The van der Waals surface area contributed by atoms with Gasteiger partial charge in [0.05, 0.1) is 60.5 Å². The summed E-state index contributed by atoms with van der Waals surface area (Å²) in [7, 11) is 6.21. The van der Waals surface area contributed by atoms with Gasteiger partial charge in [0.25, 0.3) is 0 Å². The maximum Gasteiger partial charge on any atom is 0.410 e. The van der Waals surface area contributed by atoms with E-state index in [4.69, 9.17) is 14.2 Å². The Morgan fingerprint density at radius 1 is 0.756 bits per heavy atom. The number of carboxylic acid groups (broad SMARTS) is 1. The van der Waals surface area contributed by atoms with Gasteiger partial charge in [-0.2, -0.15) is 0 Å². The third-order valence-corrected chi connectivity index (χ3v) is 19.4. The molecule has 4 rings (SSSR count). The molecule has 2 aliphatic rings. The lowest BCUT2D eigenvalue weighted by molar-refractivity contribution is -0.149. The second-order valence-corrected chi connectivity index (χ2v) is 27.1. The van der Waals surface area contributed by atoms with Crippen LogP contribution in [0, 0.1) is 41.4 Å². The van der Waals surface area contributed by atoms with Gasteiger partial charge >= 0.3 is 12.1 Å². The number of unbranched alkanes of at least 4 members (excludes halogenated alkanes) is 3. The van der Waals surface area contributed by atoms with E-state index in [1.165, 1.54) is 31.1 Å². The number of Topliss-reactive ketones (excluding diaryl/α,β-unsaturated/α-hetero) is 3. The number of likely N-dealkylation sites (N-methyl/N-ethyl adjacent to an activating group) is 2. The number of ether oxygens (including phenoxy) is 3. The van der Waals surface area contributed by atoms with Gasteiger partial charge in [0.1, 0.15) is 12.4 Å². The highest BCUT2D eigenvalue weighted by atomic mass is 32.2. The highest BCUT2D eigenvalue weighted by Crippen LogP contribution is 2.33. The summed E-state index contributed by atoms with van der Waals surface area (Å²) in [6.45, 7) is 19.6. The summed E-state index contributed by atoms with van der Waals surface area (Å²) in [4.78, 5) is 141. The molecule has 2 unspecified atom stereocenters. The number of rotatable bonds is 41. The second kappa shape index (κ2) is 38.0. The van der Waals surface area contributed by atoms with Gasteiger partial charge in [0, 0.05) is 84.6 Å². The van der Waals surface area contributed by atoms with Crippen LogP contribution in [0.1, 0.15) is 164 Å². The number of aliphatic carboxylic acids is 1. The van der Waals surface area contributed by atoms with Crippen molar-refractivity contribution in [1.82, 2.24) is 24.9 Å². The average Bonchev–Trinajstić information content (AvgIpc) is 1.56. The molecule has 2 heterocycles. The number of carboxylic acids is 1. The van der Waals surface area contributed by atoms with Crippen molar-refractivity contribution in [2.24, 2.45) is 41.4 Å². The molecule has 502 valence electrons. The van der Waals surface area contributed by atoms with Gasteiger partial charge in [0.15, 0.2) is 11.6 Å². The van der Waals surface area contributed by atoms with Crippen LogP contribution in [-0.2, 0) is 70.4 Å². The van der Waals surface area contributed by atoms with Crippen molar-refractivity contribution in [3.63, 3.8) is 0 Å². The number of carbonyl (C=O) groups is 10. The molecule has 2 fully saturated rings. The first-order chi connectivity index (χ1) is 42.7. The number of nitrogens with zero attached hydrogens (tertiary/aromatic N) is 4. The number of benzene rings is 2. The third kappa shape index (κ3) is 22.3. The van der Waals surface area contributed by atoms with E-state index in [0.29, 0.717) is 62.9 Å². The van der Waals surface area contributed by atoms with Crippen LogP contribution in [-0.4, -0.2) is 179 Å². The van der Waals surface area contributed by atoms with Crippen molar-refractivity contribution in [1.29, 1.82) is 0 Å². The number of thioether (sulfide) groups is 1. The highest BCUT2D eigenvalue weighted by Gasteiger charge is 2.44. The SMILES string of the molecule is CCCCSC1CC(=O)N(CCCCCC(=O)N[C@H](C(=O)CNc2ccc(COC(=O)N(C)[C@H](C(=O)C[C@H](C(=O)N(C)C([C@@H](C)CC)[C@@H](CC(=O)N3CCC[C@H]3[C@H](OC)[C@@H](C)C(=O)C[C@@H](Cc3ccccc3)C(=O)O)OC)C(C)C)C(C)C)cc2)C(C)C)C1=O. The summed E-state index contributed by atoms with van der Waals surface area (Å²) >= 11 is 1.55. The molecule has 0 aliphatic carbocycles. The van der Waals surface area contributed by atoms with E-state index in [2.05, 4.69) is 17.6 Å². The highest BCUT2D eigenvalue weighted by molar-refractivity contribution is 8.00. The molecule has 6 amide bonds. The van der Waals surface area contributed by atoms with E-state index in [9.17, 15) is 53.1 Å². The number of hydrogen-bond donors (Lipinski definition) is 3. The van der Waals surface area contributed by atoms with Gasteiger partial charge in [-0.25, -0.2) is 4.79 Å². The molecule has 2 aromatic carbocycles. The molecular formula is C69H106N6O14S. The standard InChI is InChI=1S/C69H106N6O14S/c1-15-17-35-90-58-40-61(81)75(67(58)83)33-23-19-22-28-59(79)71-62(44(5)6)56(78)41-70-51-31-29-49(30-32-51)42-89-69(86)73(12)63(45(7)8)55(77)38-52(43(3)4)66(82)72(11)64(46(9)16-2)57(87-13)39-60(80)74-34-24-27-53(74)65(88-14)47(10)54(76)37-50(68(84)85)36-48-25-20-18-21-26-48/h18,20-21,25-26,29-32,43-47,50,52-53,57-58,62-65,70H,15-17,19,22-24,27-28,33-42H2,1-14H3,(H,71,79)(H,84,85)/t46-,47-,50+,52-,53-,57+,58?,62-,63-,64?,65+/m0/s1. The number of anilines is 1. The molecule has 20 nitrogen and oxygen atoms in total. The molecular weight excluding hydrogens is 1170 g/mol. The Balaban J connectivity index is 1.31. The predicted molar refractivity (Wildman–Crippen MR) is 349 cm³/mol. The molecule has 0 saturated carbocycles. The lowest BCUT2D eigenvalue weighted by Gasteiger charge is -2.41. The van der Waals surface area contributed by atoms with E-state index in [0.717, 1.165) is 24.2 Å². The largest absolute Gasteiger partial charge is 0.481 e. The van der Waals surface area contributed by atoms with Crippen molar-refractivity contribution < 1.29 is 67.3 Å². The molecule has 3 N–H and O–H groups in total. The van der Waals surface area contributed by atoms with Gasteiger partial charge in [-0.1, -0.05) is 131 Å². The number of nitrogens with one attached hydrogen (secondary N) is 2. The Morgan fingerprint density at radius 2 is 1.43 bits per heavy atom. The van der Waals surface area contributed by atoms with Crippen LogP contribution in [0.4, 0.5) is 10.5 Å². The number of amides is 6. The van der Waals surface area contributed by atoms with Gasteiger partial charge in [-0.05, 0) is 91.2 Å². The van der Waals surface area contributed by atoms with Gasteiger partial charge in [-0.15, -0.1) is 11.8 Å². The number of ketones is 3. The summed E-state index contributed by atoms with van der Waals surface area (Å²) in [5.74, 6) is -5.34. The smallest absolute Gasteiger partial charge is 0.410 e. The van der Waals surface area contributed by atoms with E-state index in [1.807, 2.05) is 85.7 Å². The fourth-order valence-corrected chi connectivity index (χ4v) is 13.8. The molecule has 0 spiro atoms. The third-order valence-electron chi connectivity index (χ3n) is 18.1.